The van der Waals surface area contributed by atoms with Crippen LogP contribution in [0.3, 0.4) is 0 Å². The number of benzene rings is 2. The predicted octanol–water partition coefficient (Wildman–Crippen LogP) is 7.73. The van der Waals surface area contributed by atoms with Gasteiger partial charge in [0.25, 0.3) is 0 Å². The van der Waals surface area contributed by atoms with Gasteiger partial charge in [0.05, 0.1) is 28.5 Å². The number of anilines is 1. The summed E-state index contributed by atoms with van der Waals surface area (Å²) in [4.78, 5) is 24.0. The van der Waals surface area contributed by atoms with E-state index >= 15 is 0 Å². The highest BCUT2D eigenvalue weighted by Crippen LogP contribution is 2.54. The minimum absolute atomic E-state index is 0.0813. The minimum atomic E-state index is -0.452. The number of amides is 1. The summed E-state index contributed by atoms with van der Waals surface area (Å²) in [6.45, 7) is 5.32. The number of rotatable bonds is 11. The normalized spacial score (nSPS) is 17.5. The fraction of sp³-hybridized carbons (Fsp3) is 0.441. The average Bonchev–Trinajstić information content (AvgIpc) is 2.95. The van der Waals surface area contributed by atoms with Crippen molar-refractivity contribution >= 4 is 34.1 Å². The van der Waals surface area contributed by atoms with Crippen LogP contribution in [-0.4, -0.2) is 48.0 Å². The smallest absolute Gasteiger partial charge is 0.248 e. The molecule has 222 valence electrons. The Bertz CT molecular complexity index is 1460. The lowest BCUT2D eigenvalue weighted by atomic mass is 9.56. The molecule has 1 spiro atoms. The molecule has 1 unspecified atom stereocenters. The molecule has 3 aromatic rings. The molecule has 2 aliphatic carbocycles. The quantitative estimate of drug-likeness (QED) is 0.183. The number of carbonyl (C=O) groups is 1. The van der Waals surface area contributed by atoms with Gasteiger partial charge in [-0.25, -0.2) is 14.4 Å². The monoisotopic (exact) mass is 590 g/mol. The van der Waals surface area contributed by atoms with Gasteiger partial charge < -0.3 is 15.0 Å². The molecule has 1 aromatic heterocycles. The Morgan fingerprint density at radius 2 is 2.00 bits per heavy atom. The van der Waals surface area contributed by atoms with E-state index in [9.17, 15) is 9.18 Å². The number of nitrogens with zero attached hydrogens (tertiary/aromatic N) is 3. The summed E-state index contributed by atoms with van der Waals surface area (Å²) in [6, 6.07) is 8.51. The largest absolute Gasteiger partial charge is 0.491 e. The molecule has 0 saturated heterocycles. The first kappa shape index (κ1) is 30.2. The third-order valence-corrected chi connectivity index (χ3v) is 8.96. The number of hydrogen-bond acceptors (Lipinski definition) is 5. The van der Waals surface area contributed by atoms with Gasteiger partial charge in [0.1, 0.15) is 17.9 Å². The van der Waals surface area contributed by atoms with E-state index in [1.807, 2.05) is 43.3 Å². The zero-order valence-electron chi connectivity index (χ0n) is 24.5. The van der Waals surface area contributed by atoms with Crippen LogP contribution in [0.15, 0.2) is 61.5 Å². The van der Waals surface area contributed by atoms with Gasteiger partial charge >= 0.3 is 0 Å². The lowest BCUT2D eigenvalue weighted by molar-refractivity contribution is -0.111. The summed E-state index contributed by atoms with van der Waals surface area (Å²) >= 11 is 6.04. The van der Waals surface area contributed by atoms with E-state index in [0.29, 0.717) is 42.3 Å². The van der Waals surface area contributed by atoms with Crippen molar-refractivity contribution in [3.8, 4) is 5.75 Å². The van der Waals surface area contributed by atoms with Crippen LogP contribution in [0.25, 0.3) is 10.9 Å². The van der Waals surface area contributed by atoms with Crippen molar-refractivity contribution in [2.24, 2.45) is 11.3 Å². The molecular weight excluding hydrogens is 551 g/mol. The second kappa shape index (κ2) is 13.3. The van der Waals surface area contributed by atoms with Crippen LogP contribution in [0.1, 0.15) is 62.1 Å². The lowest BCUT2D eigenvalue weighted by Crippen LogP contribution is -2.41. The Balaban J connectivity index is 1.41. The summed E-state index contributed by atoms with van der Waals surface area (Å²) in [5.74, 6) is 0.258. The van der Waals surface area contributed by atoms with E-state index in [-0.39, 0.29) is 16.8 Å². The molecule has 8 heteroatoms. The van der Waals surface area contributed by atoms with E-state index in [0.717, 1.165) is 22.2 Å². The van der Waals surface area contributed by atoms with Crippen LogP contribution >= 0.6 is 11.6 Å². The first-order chi connectivity index (χ1) is 20.2. The van der Waals surface area contributed by atoms with Gasteiger partial charge in [0.15, 0.2) is 0 Å². The molecule has 2 saturated carbocycles. The Labute approximate surface area is 253 Å². The summed E-state index contributed by atoms with van der Waals surface area (Å²) in [5.41, 5.74) is 3.46. The SMILES string of the molecule is C=CC(Cc1ccc(F)c(Cl)c1)c1ncnc2cc(OCC3CC4(CCCCC4)C3)c(NC(=O)C=CCN(C)C)cc12. The van der Waals surface area contributed by atoms with Crippen molar-refractivity contribution in [2.75, 3.05) is 32.6 Å². The van der Waals surface area contributed by atoms with Gasteiger partial charge in [-0.3, -0.25) is 4.79 Å². The molecule has 1 amide bonds. The topological polar surface area (TPSA) is 67.4 Å². The van der Waals surface area contributed by atoms with Gasteiger partial charge in [-0.05, 0) is 81.3 Å². The Morgan fingerprint density at radius 1 is 1.21 bits per heavy atom. The fourth-order valence-corrected chi connectivity index (χ4v) is 6.78. The number of fused-ring (bicyclic) bond motifs is 1. The third-order valence-electron chi connectivity index (χ3n) is 8.67. The summed E-state index contributed by atoms with van der Waals surface area (Å²) in [6.07, 6.45) is 16.4. The van der Waals surface area contributed by atoms with Crippen LogP contribution in [0.4, 0.5) is 10.1 Å². The molecule has 0 aliphatic heterocycles. The number of hydrogen-bond donors (Lipinski definition) is 1. The van der Waals surface area contributed by atoms with Crippen molar-refractivity contribution in [1.82, 2.24) is 14.9 Å². The molecule has 5 rings (SSSR count). The molecule has 2 aliphatic rings. The maximum absolute atomic E-state index is 13.8. The Hall–Kier alpha value is -3.29. The predicted molar refractivity (Wildman–Crippen MR) is 168 cm³/mol. The second-order valence-electron chi connectivity index (χ2n) is 12.2. The van der Waals surface area contributed by atoms with Crippen molar-refractivity contribution in [1.29, 1.82) is 0 Å². The minimum Gasteiger partial charge on any atom is -0.491 e. The molecule has 6 nitrogen and oxygen atoms in total. The molecule has 1 N–H and O–H groups in total. The zero-order valence-corrected chi connectivity index (χ0v) is 25.3. The van der Waals surface area contributed by atoms with E-state index < -0.39 is 5.82 Å². The van der Waals surface area contributed by atoms with Crippen LogP contribution < -0.4 is 10.1 Å². The molecule has 0 bridgehead atoms. The van der Waals surface area contributed by atoms with E-state index in [1.165, 1.54) is 57.3 Å². The maximum Gasteiger partial charge on any atom is 0.248 e. The van der Waals surface area contributed by atoms with Crippen LogP contribution in [0.5, 0.6) is 5.75 Å². The van der Waals surface area contributed by atoms with Gasteiger partial charge in [0.2, 0.25) is 5.91 Å². The maximum atomic E-state index is 13.8. The highest BCUT2D eigenvalue weighted by atomic mass is 35.5. The number of nitrogens with one attached hydrogen (secondary N) is 1. The Morgan fingerprint density at radius 3 is 2.71 bits per heavy atom. The molecule has 1 heterocycles. The molecule has 42 heavy (non-hydrogen) atoms. The highest BCUT2D eigenvalue weighted by Gasteiger charge is 2.44. The van der Waals surface area contributed by atoms with Gasteiger partial charge in [0, 0.05) is 30.0 Å². The molecule has 0 radical (unpaired) electrons. The Kier molecular flexibility index (Phi) is 9.59. The van der Waals surface area contributed by atoms with Crippen molar-refractivity contribution in [2.45, 2.75) is 57.3 Å². The number of carbonyl (C=O) groups excluding carboxylic acids is 1. The lowest BCUT2D eigenvalue weighted by Gasteiger charge is -2.50. The molecule has 2 aromatic carbocycles. The van der Waals surface area contributed by atoms with Crippen molar-refractivity contribution < 1.29 is 13.9 Å². The number of halogens is 2. The second-order valence-corrected chi connectivity index (χ2v) is 12.6. The van der Waals surface area contributed by atoms with Crippen LogP contribution in [0.2, 0.25) is 5.02 Å². The standard InChI is InChI=1S/C34H40ClFN4O2/c1-4-25(15-23-10-11-28(36)27(35)16-23)33-26-17-30(39-32(41)9-8-14-40(2)3)31(18-29(26)37-22-38-33)42-21-24-19-34(20-24)12-6-5-7-13-34/h4,8-11,16-18,22,24-25H,1,5-7,12-15,19-21H2,2-3H3,(H,39,41). The number of allylic oxidation sites excluding steroid dienone is 1. The van der Waals surface area contributed by atoms with Crippen LogP contribution in [0, 0.1) is 17.2 Å². The molecule has 2 fully saturated rings. The summed E-state index contributed by atoms with van der Waals surface area (Å²) < 4.78 is 20.2. The van der Waals surface area contributed by atoms with Gasteiger partial charge in [-0.1, -0.05) is 49.1 Å². The number of ether oxygens (including phenoxy) is 1. The first-order valence-corrected chi connectivity index (χ1v) is 15.2. The molecular formula is C34H40ClFN4O2. The van der Waals surface area contributed by atoms with Crippen molar-refractivity contribution in [3.05, 3.63) is 83.6 Å². The van der Waals surface area contributed by atoms with Crippen LogP contribution in [-0.2, 0) is 11.2 Å². The summed E-state index contributed by atoms with van der Waals surface area (Å²) in [7, 11) is 3.90. The zero-order chi connectivity index (χ0) is 29.7. The molecule has 1 atom stereocenters. The van der Waals surface area contributed by atoms with Gasteiger partial charge in [-0.2, -0.15) is 0 Å². The number of aromatic nitrogens is 2. The van der Waals surface area contributed by atoms with Gasteiger partial charge in [-0.15, -0.1) is 6.58 Å². The van der Waals surface area contributed by atoms with E-state index in [1.54, 1.807) is 18.2 Å². The van der Waals surface area contributed by atoms with E-state index in [2.05, 4.69) is 21.9 Å². The third kappa shape index (κ3) is 7.19. The number of likely N-dealkylation sites (N-methyl/N-ethyl adjacent to an activating group) is 1. The first-order valence-electron chi connectivity index (χ1n) is 14.9. The fourth-order valence-electron chi connectivity index (χ4n) is 6.57. The average molecular weight is 591 g/mol. The van der Waals surface area contributed by atoms with Crippen molar-refractivity contribution in [3.63, 3.8) is 0 Å². The highest BCUT2D eigenvalue weighted by molar-refractivity contribution is 6.30. The summed E-state index contributed by atoms with van der Waals surface area (Å²) in [5, 5.41) is 3.90. The van der Waals surface area contributed by atoms with E-state index in [4.69, 9.17) is 16.3 Å².